The summed E-state index contributed by atoms with van der Waals surface area (Å²) in [5, 5.41) is 2.88. The molecular weight excluding hydrogens is 246 g/mol. The Kier molecular flexibility index (Phi) is 4.47. The van der Waals surface area contributed by atoms with E-state index in [4.69, 9.17) is 4.74 Å². The number of thiazole rings is 1. The van der Waals surface area contributed by atoms with Gasteiger partial charge >= 0.3 is 5.97 Å². The van der Waals surface area contributed by atoms with Gasteiger partial charge in [0.15, 0.2) is 0 Å². The van der Waals surface area contributed by atoms with Crippen molar-refractivity contribution < 1.29 is 9.53 Å². The van der Waals surface area contributed by atoms with E-state index in [1.54, 1.807) is 17.5 Å². The van der Waals surface area contributed by atoms with Crippen LogP contribution in [0.1, 0.15) is 29.8 Å². The third-order valence-corrected chi connectivity index (χ3v) is 3.52. The van der Waals surface area contributed by atoms with Crippen molar-refractivity contribution in [2.45, 2.75) is 19.3 Å². The smallest absolute Gasteiger partial charge is 0.306 e. The topological polar surface area (TPSA) is 39.2 Å². The molecule has 2 rings (SSSR count). The zero-order valence-electron chi connectivity index (χ0n) is 10.2. The molecule has 0 aliphatic heterocycles. The molecule has 1 aromatic heterocycles. The predicted molar refractivity (Wildman–Crippen MR) is 71.6 cm³/mol. The summed E-state index contributed by atoms with van der Waals surface area (Å²) in [5.74, 6) is -0.188. The number of esters is 1. The monoisotopic (exact) mass is 261 g/mol. The maximum absolute atomic E-state index is 11.7. The normalized spacial score (nSPS) is 12.1. The van der Waals surface area contributed by atoms with Gasteiger partial charge in [0.2, 0.25) is 0 Å². The highest BCUT2D eigenvalue weighted by Crippen LogP contribution is 2.29. The first-order chi connectivity index (χ1) is 8.81. The van der Waals surface area contributed by atoms with Gasteiger partial charge in [0.1, 0.15) is 5.01 Å². The van der Waals surface area contributed by atoms with Crippen LogP contribution in [0.3, 0.4) is 0 Å². The highest BCUT2D eigenvalue weighted by Gasteiger charge is 2.20. The number of ether oxygens (including phenoxy) is 1. The van der Waals surface area contributed by atoms with Gasteiger partial charge in [-0.25, -0.2) is 4.98 Å². The molecule has 0 spiro atoms. The van der Waals surface area contributed by atoms with Gasteiger partial charge in [0.05, 0.1) is 13.0 Å². The molecule has 0 fully saturated rings. The average Bonchev–Trinajstić information content (AvgIpc) is 2.91. The second kappa shape index (κ2) is 6.31. The highest BCUT2D eigenvalue weighted by molar-refractivity contribution is 7.09. The Morgan fingerprint density at radius 2 is 2.17 bits per heavy atom. The Balaban J connectivity index is 2.22. The maximum atomic E-state index is 11.7. The number of carbonyl (C=O) groups is 1. The number of nitrogens with zero attached hydrogens (tertiary/aromatic N) is 1. The largest absolute Gasteiger partial charge is 0.466 e. The van der Waals surface area contributed by atoms with E-state index in [0.717, 1.165) is 10.6 Å². The van der Waals surface area contributed by atoms with Crippen molar-refractivity contribution in [2.75, 3.05) is 6.61 Å². The number of benzene rings is 1. The predicted octanol–water partition coefficient (Wildman–Crippen LogP) is 3.23. The molecule has 0 aliphatic carbocycles. The van der Waals surface area contributed by atoms with Crippen LogP contribution in [0.5, 0.6) is 0 Å². The van der Waals surface area contributed by atoms with E-state index in [1.165, 1.54) is 0 Å². The standard InChI is InChI=1S/C14H15NO2S/c1-2-17-13(16)10-12(14-15-8-9-18-14)11-6-4-3-5-7-11/h3-9,12H,2,10H2,1H3. The Morgan fingerprint density at radius 3 is 2.78 bits per heavy atom. The Morgan fingerprint density at radius 1 is 1.39 bits per heavy atom. The van der Waals surface area contributed by atoms with Crippen LogP contribution in [-0.2, 0) is 9.53 Å². The molecule has 0 amide bonds. The van der Waals surface area contributed by atoms with Crippen LogP contribution in [0.25, 0.3) is 0 Å². The molecule has 1 aromatic carbocycles. The number of carbonyl (C=O) groups excluding carboxylic acids is 1. The molecule has 1 atom stereocenters. The van der Waals surface area contributed by atoms with Crippen LogP contribution in [0.4, 0.5) is 0 Å². The molecule has 0 radical (unpaired) electrons. The number of rotatable bonds is 5. The van der Waals surface area contributed by atoms with Crippen LogP contribution in [0, 0.1) is 0 Å². The van der Waals surface area contributed by atoms with E-state index in [1.807, 2.05) is 42.6 Å². The third-order valence-electron chi connectivity index (χ3n) is 2.63. The van der Waals surface area contributed by atoms with Gasteiger partial charge in [-0.05, 0) is 12.5 Å². The van der Waals surface area contributed by atoms with Crippen LogP contribution in [0.2, 0.25) is 0 Å². The van der Waals surface area contributed by atoms with Crippen LogP contribution in [0.15, 0.2) is 41.9 Å². The molecule has 3 nitrogen and oxygen atoms in total. The van der Waals surface area contributed by atoms with Crippen LogP contribution >= 0.6 is 11.3 Å². The first-order valence-corrected chi connectivity index (χ1v) is 6.79. The van der Waals surface area contributed by atoms with E-state index in [9.17, 15) is 4.79 Å². The first kappa shape index (κ1) is 12.8. The molecule has 1 heterocycles. The lowest BCUT2D eigenvalue weighted by molar-refractivity contribution is -0.143. The summed E-state index contributed by atoms with van der Waals surface area (Å²) >= 11 is 1.57. The zero-order chi connectivity index (χ0) is 12.8. The van der Waals surface area contributed by atoms with Crippen molar-refractivity contribution in [3.05, 3.63) is 52.5 Å². The van der Waals surface area contributed by atoms with E-state index < -0.39 is 0 Å². The minimum Gasteiger partial charge on any atom is -0.466 e. The Labute approximate surface area is 110 Å². The van der Waals surface area contributed by atoms with Crippen LogP contribution < -0.4 is 0 Å². The Bertz CT molecular complexity index is 482. The molecule has 94 valence electrons. The van der Waals surface area contributed by atoms with E-state index in [-0.39, 0.29) is 11.9 Å². The highest BCUT2D eigenvalue weighted by atomic mass is 32.1. The lowest BCUT2D eigenvalue weighted by Gasteiger charge is -2.13. The molecule has 0 N–H and O–H groups in total. The zero-order valence-corrected chi connectivity index (χ0v) is 11.0. The number of hydrogen-bond donors (Lipinski definition) is 0. The van der Waals surface area contributed by atoms with Gasteiger partial charge in [-0.2, -0.15) is 0 Å². The minimum absolute atomic E-state index is 0.00903. The van der Waals surface area contributed by atoms with Gasteiger partial charge in [0.25, 0.3) is 0 Å². The second-order valence-corrected chi connectivity index (χ2v) is 4.77. The van der Waals surface area contributed by atoms with Crippen molar-refractivity contribution in [1.82, 2.24) is 4.98 Å². The average molecular weight is 261 g/mol. The van der Waals surface area contributed by atoms with Crippen molar-refractivity contribution >= 4 is 17.3 Å². The molecule has 4 heteroatoms. The Hall–Kier alpha value is -1.68. The molecule has 0 bridgehead atoms. The van der Waals surface area contributed by atoms with Crippen molar-refractivity contribution in [2.24, 2.45) is 0 Å². The number of aromatic nitrogens is 1. The van der Waals surface area contributed by atoms with Crippen molar-refractivity contribution in [1.29, 1.82) is 0 Å². The van der Waals surface area contributed by atoms with E-state index >= 15 is 0 Å². The number of hydrogen-bond acceptors (Lipinski definition) is 4. The summed E-state index contributed by atoms with van der Waals surface area (Å²) in [7, 11) is 0. The summed E-state index contributed by atoms with van der Waals surface area (Å²) in [4.78, 5) is 16.0. The van der Waals surface area contributed by atoms with E-state index in [2.05, 4.69) is 4.98 Å². The SMILES string of the molecule is CCOC(=O)CC(c1ccccc1)c1nccs1. The van der Waals surface area contributed by atoms with Gasteiger partial charge in [0, 0.05) is 17.5 Å². The quantitative estimate of drug-likeness (QED) is 0.776. The van der Waals surface area contributed by atoms with Gasteiger partial charge in [-0.15, -0.1) is 11.3 Å². The summed E-state index contributed by atoms with van der Waals surface area (Å²) in [6.07, 6.45) is 2.10. The lowest BCUT2D eigenvalue weighted by atomic mass is 9.96. The van der Waals surface area contributed by atoms with Crippen molar-refractivity contribution in [3.8, 4) is 0 Å². The minimum atomic E-state index is -0.179. The van der Waals surface area contributed by atoms with Crippen LogP contribution in [-0.4, -0.2) is 17.6 Å². The van der Waals surface area contributed by atoms with E-state index in [0.29, 0.717) is 13.0 Å². The summed E-state index contributed by atoms with van der Waals surface area (Å²) in [6, 6.07) is 9.95. The summed E-state index contributed by atoms with van der Waals surface area (Å²) in [6.45, 7) is 2.23. The molecular formula is C14H15NO2S. The molecule has 18 heavy (non-hydrogen) atoms. The molecule has 0 saturated heterocycles. The first-order valence-electron chi connectivity index (χ1n) is 5.91. The molecule has 0 saturated carbocycles. The van der Waals surface area contributed by atoms with Gasteiger partial charge in [-0.1, -0.05) is 30.3 Å². The van der Waals surface area contributed by atoms with Gasteiger partial charge < -0.3 is 4.74 Å². The molecule has 1 unspecified atom stereocenters. The molecule has 0 aliphatic rings. The fourth-order valence-electron chi connectivity index (χ4n) is 1.83. The lowest BCUT2D eigenvalue weighted by Crippen LogP contribution is -2.11. The van der Waals surface area contributed by atoms with Gasteiger partial charge in [-0.3, -0.25) is 4.79 Å². The third kappa shape index (κ3) is 3.17. The molecule has 2 aromatic rings. The summed E-state index contributed by atoms with van der Waals surface area (Å²) in [5.41, 5.74) is 1.10. The fourth-order valence-corrected chi connectivity index (χ4v) is 2.59. The summed E-state index contributed by atoms with van der Waals surface area (Å²) < 4.78 is 5.03. The van der Waals surface area contributed by atoms with Crippen molar-refractivity contribution in [3.63, 3.8) is 0 Å². The second-order valence-electron chi connectivity index (χ2n) is 3.84. The maximum Gasteiger partial charge on any atom is 0.306 e. The fraction of sp³-hybridized carbons (Fsp3) is 0.286.